The maximum Gasteiger partial charge on any atom is 0.358 e. The standard InChI is InChI=1S/C6H4FNO3/c7-3-1-4(9)5(6(10)11)8-2-3/h1-2,9H,(H,10,11). The Balaban J connectivity index is 3.20. The quantitative estimate of drug-likeness (QED) is 0.627. The van der Waals surface area contributed by atoms with Gasteiger partial charge in [0.15, 0.2) is 11.4 Å². The molecule has 1 heterocycles. The van der Waals surface area contributed by atoms with Gasteiger partial charge in [-0.05, 0) is 0 Å². The molecule has 5 heteroatoms. The molecule has 2 N–H and O–H groups in total. The van der Waals surface area contributed by atoms with Gasteiger partial charge in [-0.25, -0.2) is 14.2 Å². The molecule has 0 spiro atoms. The van der Waals surface area contributed by atoms with E-state index in [1.165, 1.54) is 0 Å². The fourth-order valence-electron chi connectivity index (χ4n) is 0.593. The van der Waals surface area contributed by atoms with Crippen LogP contribution in [0.15, 0.2) is 12.3 Å². The average molecular weight is 157 g/mol. The Kier molecular flexibility index (Phi) is 1.72. The summed E-state index contributed by atoms with van der Waals surface area (Å²) in [5.74, 6) is -2.83. The van der Waals surface area contributed by atoms with Crippen LogP contribution >= 0.6 is 0 Å². The number of hydrogen-bond donors (Lipinski definition) is 2. The van der Waals surface area contributed by atoms with Crippen molar-refractivity contribution in [2.75, 3.05) is 0 Å². The number of aromatic carboxylic acids is 1. The molecular weight excluding hydrogens is 153 g/mol. The molecule has 0 bridgehead atoms. The van der Waals surface area contributed by atoms with E-state index in [-0.39, 0.29) is 0 Å². The van der Waals surface area contributed by atoms with E-state index in [1.54, 1.807) is 0 Å². The first-order valence-corrected chi connectivity index (χ1v) is 2.69. The lowest BCUT2D eigenvalue weighted by Crippen LogP contribution is -2.00. The van der Waals surface area contributed by atoms with Gasteiger partial charge in [-0.1, -0.05) is 0 Å². The summed E-state index contributed by atoms with van der Waals surface area (Å²) >= 11 is 0. The van der Waals surface area contributed by atoms with Crippen LogP contribution < -0.4 is 0 Å². The molecule has 4 nitrogen and oxygen atoms in total. The van der Waals surface area contributed by atoms with Crippen LogP contribution in [0.4, 0.5) is 4.39 Å². The van der Waals surface area contributed by atoms with Crippen LogP contribution in [0.5, 0.6) is 5.75 Å². The van der Waals surface area contributed by atoms with Crippen LogP contribution in [0.1, 0.15) is 10.5 Å². The smallest absolute Gasteiger partial charge is 0.358 e. The zero-order valence-electron chi connectivity index (χ0n) is 5.28. The Morgan fingerprint density at radius 2 is 2.27 bits per heavy atom. The minimum atomic E-state index is -1.39. The molecule has 0 radical (unpaired) electrons. The first kappa shape index (κ1) is 7.46. The first-order valence-electron chi connectivity index (χ1n) is 2.69. The van der Waals surface area contributed by atoms with E-state index in [0.29, 0.717) is 6.07 Å². The molecule has 11 heavy (non-hydrogen) atoms. The van der Waals surface area contributed by atoms with Gasteiger partial charge in [0.25, 0.3) is 0 Å². The third-order valence-electron chi connectivity index (χ3n) is 1.04. The normalized spacial score (nSPS) is 9.55. The van der Waals surface area contributed by atoms with Gasteiger partial charge in [0, 0.05) is 6.07 Å². The minimum absolute atomic E-state index is 0.550. The summed E-state index contributed by atoms with van der Waals surface area (Å²) in [5.41, 5.74) is -0.550. The highest BCUT2D eigenvalue weighted by Crippen LogP contribution is 2.14. The zero-order valence-corrected chi connectivity index (χ0v) is 5.28. The van der Waals surface area contributed by atoms with Gasteiger partial charge in [-0.15, -0.1) is 0 Å². The predicted octanol–water partition coefficient (Wildman–Crippen LogP) is 0.624. The number of carboxylic acids is 1. The molecule has 0 fully saturated rings. The second kappa shape index (κ2) is 2.53. The fraction of sp³-hybridized carbons (Fsp3) is 0. The highest BCUT2D eigenvalue weighted by Gasteiger charge is 2.10. The SMILES string of the molecule is O=C(O)c1ncc(F)cc1O. The molecule has 1 aromatic heterocycles. The second-order valence-corrected chi connectivity index (χ2v) is 1.83. The van der Waals surface area contributed by atoms with Gasteiger partial charge in [-0.2, -0.15) is 0 Å². The maximum absolute atomic E-state index is 12.2. The molecule has 0 saturated heterocycles. The average Bonchev–Trinajstić information content (AvgIpc) is 1.85. The van der Waals surface area contributed by atoms with Crippen molar-refractivity contribution in [1.82, 2.24) is 4.98 Å². The Labute approximate surface area is 60.9 Å². The van der Waals surface area contributed by atoms with E-state index in [2.05, 4.69) is 4.98 Å². The third-order valence-corrected chi connectivity index (χ3v) is 1.04. The molecule has 0 saturated carbocycles. The van der Waals surface area contributed by atoms with Crippen molar-refractivity contribution in [3.8, 4) is 5.75 Å². The predicted molar refractivity (Wildman–Crippen MR) is 32.8 cm³/mol. The second-order valence-electron chi connectivity index (χ2n) is 1.83. The Morgan fingerprint density at radius 1 is 1.64 bits per heavy atom. The molecule has 0 amide bonds. The molecule has 0 aliphatic carbocycles. The minimum Gasteiger partial charge on any atom is -0.505 e. The van der Waals surface area contributed by atoms with E-state index in [9.17, 15) is 9.18 Å². The van der Waals surface area contributed by atoms with Crippen LogP contribution in [0.25, 0.3) is 0 Å². The number of pyridine rings is 1. The highest BCUT2D eigenvalue weighted by molar-refractivity contribution is 5.88. The van der Waals surface area contributed by atoms with Crippen molar-refractivity contribution in [2.24, 2.45) is 0 Å². The number of aromatic hydroxyl groups is 1. The summed E-state index contributed by atoms with van der Waals surface area (Å²) in [6.07, 6.45) is 0.725. The lowest BCUT2D eigenvalue weighted by atomic mass is 10.3. The van der Waals surface area contributed by atoms with Crippen LogP contribution in [0, 0.1) is 5.82 Å². The summed E-state index contributed by atoms with van der Waals surface area (Å²) < 4.78 is 12.2. The molecule has 0 aromatic carbocycles. The van der Waals surface area contributed by atoms with E-state index in [0.717, 1.165) is 6.20 Å². The number of nitrogens with zero attached hydrogens (tertiary/aromatic N) is 1. The Hall–Kier alpha value is -1.65. The van der Waals surface area contributed by atoms with Crippen molar-refractivity contribution in [3.05, 3.63) is 23.8 Å². The lowest BCUT2D eigenvalue weighted by Gasteiger charge is -1.95. The summed E-state index contributed by atoms with van der Waals surface area (Å²) in [4.78, 5) is 13.3. The van der Waals surface area contributed by atoms with E-state index in [1.807, 2.05) is 0 Å². The third kappa shape index (κ3) is 1.43. The van der Waals surface area contributed by atoms with E-state index in [4.69, 9.17) is 10.2 Å². The summed E-state index contributed by atoms with van der Waals surface area (Å²) in [7, 11) is 0. The maximum atomic E-state index is 12.2. The number of carbonyl (C=O) groups is 1. The molecule has 1 rings (SSSR count). The Bertz CT molecular complexity index is 300. The van der Waals surface area contributed by atoms with Gasteiger partial charge < -0.3 is 10.2 Å². The summed E-state index contributed by atoms with van der Waals surface area (Å²) in [6, 6.07) is 0.691. The lowest BCUT2D eigenvalue weighted by molar-refractivity contribution is 0.0687. The molecule has 0 atom stereocenters. The summed E-state index contributed by atoms with van der Waals surface area (Å²) in [5, 5.41) is 17.1. The van der Waals surface area contributed by atoms with Crippen LogP contribution in [0.2, 0.25) is 0 Å². The molecular formula is C6H4FNO3. The van der Waals surface area contributed by atoms with Crippen molar-refractivity contribution < 1.29 is 19.4 Å². The molecule has 0 aliphatic rings. The first-order chi connectivity index (χ1) is 5.11. The highest BCUT2D eigenvalue weighted by atomic mass is 19.1. The van der Waals surface area contributed by atoms with Gasteiger partial charge >= 0.3 is 5.97 Å². The Morgan fingerprint density at radius 3 is 2.73 bits per heavy atom. The topological polar surface area (TPSA) is 70.4 Å². The molecule has 58 valence electrons. The van der Waals surface area contributed by atoms with E-state index < -0.39 is 23.2 Å². The van der Waals surface area contributed by atoms with Crippen molar-refractivity contribution in [2.45, 2.75) is 0 Å². The monoisotopic (exact) mass is 157 g/mol. The number of hydrogen-bond acceptors (Lipinski definition) is 3. The van der Waals surface area contributed by atoms with Crippen molar-refractivity contribution in [3.63, 3.8) is 0 Å². The number of aromatic nitrogens is 1. The fourth-order valence-corrected chi connectivity index (χ4v) is 0.593. The molecule has 0 unspecified atom stereocenters. The molecule has 1 aromatic rings. The number of carboxylic acid groups (broad SMARTS) is 1. The van der Waals surface area contributed by atoms with Crippen LogP contribution in [-0.4, -0.2) is 21.2 Å². The van der Waals surface area contributed by atoms with Gasteiger partial charge in [0.1, 0.15) is 5.82 Å². The van der Waals surface area contributed by atoms with E-state index >= 15 is 0 Å². The van der Waals surface area contributed by atoms with Crippen molar-refractivity contribution >= 4 is 5.97 Å². The zero-order chi connectivity index (χ0) is 8.43. The largest absolute Gasteiger partial charge is 0.505 e. The summed E-state index contributed by atoms with van der Waals surface area (Å²) in [6.45, 7) is 0. The van der Waals surface area contributed by atoms with Gasteiger partial charge in [0.05, 0.1) is 6.20 Å². The number of halogens is 1. The van der Waals surface area contributed by atoms with Crippen LogP contribution in [-0.2, 0) is 0 Å². The van der Waals surface area contributed by atoms with Crippen molar-refractivity contribution in [1.29, 1.82) is 0 Å². The van der Waals surface area contributed by atoms with Crippen LogP contribution in [0.3, 0.4) is 0 Å². The van der Waals surface area contributed by atoms with Gasteiger partial charge in [0.2, 0.25) is 0 Å². The molecule has 0 aliphatic heterocycles. The number of rotatable bonds is 1. The van der Waals surface area contributed by atoms with Gasteiger partial charge in [-0.3, -0.25) is 0 Å².